The second-order valence-electron chi connectivity index (χ2n) is 4.84. The molecule has 0 spiro atoms. The third-order valence-corrected chi connectivity index (χ3v) is 4.41. The van der Waals surface area contributed by atoms with Crippen molar-refractivity contribution in [1.82, 2.24) is 4.98 Å². The van der Waals surface area contributed by atoms with Gasteiger partial charge in [-0.1, -0.05) is 36.5 Å². The zero-order valence-electron chi connectivity index (χ0n) is 11.6. The lowest BCUT2D eigenvalue weighted by Gasteiger charge is -2.19. The smallest absolute Gasteiger partial charge is 0.130 e. The highest BCUT2D eigenvalue weighted by molar-refractivity contribution is 7.80. The summed E-state index contributed by atoms with van der Waals surface area (Å²) in [5, 5.41) is 3.08. The van der Waals surface area contributed by atoms with Crippen LogP contribution < -0.4 is 10.6 Å². The quantitative estimate of drug-likeness (QED) is 0.748. The molecule has 2 aromatic heterocycles. The maximum Gasteiger partial charge on any atom is 0.130 e. The van der Waals surface area contributed by atoms with Crippen LogP contribution in [0.5, 0.6) is 0 Å². The Morgan fingerprint density at radius 3 is 2.81 bits per heavy atom. The molecule has 0 saturated heterocycles. The number of nitrogens with two attached hydrogens (primary N) is 1. The molecule has 3 rings (SSSR count). The van der Waals surface area contributed by atoms with Crippen molar-refractivity contribution in [2.45, 2.75) is 6.54 Å². The summed E-state index contributed by atoms with van der Waals surface area (Å²) in [4.78, 5) is 8.52. The molecular weight excluding hydrogens is 298 g/mol. The number of rotatable bonds is 4. The highest BCUT2D eigenvalue weighted by Gasteiger charge is 2.11. The van der Waals surface area contributed by atoms with Crippen LogP contribution in [0.25, 0.3) is 10.9 Å². The monoisotopic (exact) mass is 313 g/mol. The molecule has 0 aliphatic heterocycles. The fraction of sp³-hybridized carbons (Fsp3) is 0.125. The van der Waals surface area contributed by atoms with E-state index < -0.39 is 0 Å². The van der Waals surface area contributed by atoms with Gasteiger partial charge < -0.3 is 10.6 Å². The number of nitrogens with zero attached hydrogens (tertiary/aromatic N) is 2. The fourth-order valence-electron chi connectivity index (χ4n) is 2.28. The molecule has 3 aromatic rings. The number of aromatic nitrogens is 1. The molecule has 2 heterocycles. The van der Waals surface area contributed by atoms with Crippen molar-refractivity contribution in [3.8, 4) is 0 Å². The Hall–Kier alpha value is -1.98. The average molecular weight is 313 g/mol. The van der Waals surface area contributed by atoms with Gasteiger partial charge in [0.15, 0.2) is 0 Å². The van der Waals surface area contributed by atoms with E-state index >= 15 is 0 Å². The number of thiocarbonyl (C=S) groups is 1. The molecule has 0 aliphatic carbocycles. The highest BCUT2D eigenvalue weighted by atomic mass is 32.1. The van der Waals surface area contributed by atoms with Crippen LogP contribution in [0.15, 0.2) is 47.8 Å². The Labute approximate surface area is 133 Å². The molecule has 0 bridgehead atoms. The molecule has 0 fully saturated rings. The van der Waals surface area contributed by atoms with Crippen molar-refractivity contribution in [3.05, 3.63) is 58.3 Å². The van der Waals surface area contributed by atoms with Crippen molar-refractivity contribution in [3.63, 3.8) is 0 Å². The summed E-state index contributed by atoms with van der Waals surface area (Å²) in [5.41, 5.74) is 7.66. The van der Waals surface area contributed by atoms with Crippen LogP contribution in [0.3, 0.4) is 0 Å². The van der Waals surface area contributed by atoms with Gasteiger partial charge in [0.25, 0.3) is 0 Å². The van der Waals surface area contributed by atoms with Crippen LogP contribution >= 0.6 is 23.6 Å². The molecule has 0 radical (unpaired) electrons. The van der Waals surface area contributed by atoms with Gasteiger partial charge in [-0.2, -0.15) is 0 Å². The molecule has 2 N–H and O–H groups in total. The summed E-state index contributed by atoms with van der Waals surface area (Å²) >= 11 is 6.93. The maximum absolute atomic E-state index is 5.87. The number of pyridine rings is 1. The number of thiophene rings is 1. The fourth-order valence-corrected chi connectivity index (χ4v) is 3.20. The van der Waals surface area contributed by atoms with Gasteiger partial charge in [-0.25, -0.2) is 4.98 Å². The Bertz CT molecular complexity index is 781. The minimum absolute atomic E-state index is 0.402. The number of hydrogen-bond donors (Lipinski definition) is 1. The molecule has 0 amide bonds. The Balaban J connectivity index is 2.04. The number of para-hydroxylation sites is 1. The first kappa shape index (κ1) is 14.0. The van der Waals surface area contributed by atoms with Crippen LogP contribution in [-0.2, 0) is 6.54 Å². The van der Waals surface area contributed by atoms with E-state index in [-0.39, 0.29) is 0 Å². The Kier molecular flexibility index (Phi) is 3.86. The standard InChI is InChI=1S/C16H15N3S2/c1-19(10-11-5-4-8-21-11)15-9-13(16(17)20)12-6-2-3-7-14(12)18-15/h2-9H,10H2,1H3,(H2,17,20). The first-order chi connectivity index (χ1) is 10.1. The van der Waals surface area contributed by atoms with Gasteiger partial charge in [0, 0.05) is 22.9 Å². The summed E-state index contributed by atoms with van der Waals surface area (Å²) in [5.74, 6) is 0.880. The van der Waals surface area contributed by atoms with E-state index in [4.69, 9.17) is 22.9 Å². The zero-order valence-corrected chi connectivity index (χ0v) is 13.2. The van der Waals surface area contributed by atoms with Gasteiger partial charge in [-0.05, 0) is 23.6 Å². The molecule has 3 nitrogen and oxygen atoms in total. The van der Waals surface area contributed by atoms with Crippen LogP contribution in [-0.4, -0.2) is 17.0 Å². The molecule has 0 saturated carbocycles. The molecule has 1 aromatic carbocycles. The van der Waals surface area contributed by atoms with Crippen molar-refractivity contribution in [1.29, 1.82) is 0 Å². The third kappa shape index (κ3) is 2.89. The second kappa shape index (κ2) is 5.79. The second-order valence-corrected chi connectivity index (χ2v) is 6.32. The van der Waals surface area contributed by atoms with Gasteiger partial charge in [0.05, 0.1) is 12.1 Å². The SMILES string of the molecule is CN(Cc1cccs1)c1cc(C(N)=S)c2ccccc2n1. The first-order valence-electron chi connectivity index (χ1n) is 6.58. The highest BCUT2D eigenvalue weighted by Crippen LogP contribution is 2.24. The van der Waals surface area contributed by atoms with Gasteiger partial charge >= 0.3 is 0 Å². The van der Waals surface area contributed by atoms with Crippen molar-refractivity contribution in [2.24, 2.45) is 5.73 Å². The van der Waals surface area contributed by atoms with Crippen molar-refractivity contribution in [2.75, 3.05) is 11.9 Å². The Morgan fingerprint density at radius 1 is 1.29 bits per heavy atom. The minimum atomic E-state index is 0.402. The van der Waals surface area contributed by atoms with E-state index in [1.165, 1.54) is 4.88 Å². The van der Waals surface area contributed by atoms with E-state index in [2.05, 4.69) is 22.4 Å². The predicted octanol–water partition coefficient (Wildman–Crippen LogP) is 3.57. The van der Waals surface area contributed by atoms with Crippen LogP contribution in [0.4, 0.5) is 5.82 Å². The average Bonchev–Trinajstić information content (AvgIpc) is 2.98. The number of benzene rings is 1. The molecule has 0 unspecified atom stereocenters. The zero-order chi connectivity index (χ0) is 14.8. The lowest BCUT2D eigenvalue weighted by molar-refractivity contribution is 0.918. The summed E-state index contributed by atoms with van der Waals surface area (Å²) in [6.07, 6.45) is 0. The van der Waals surface area contributed by atoms with E-state index in [1.54, 1.807) is 11.3 Å². The van der Waals surface area contributed by atoms with Gasteiger partial charge in [0.2, 0.25) is 0 Å². The largest absolute Gasteiger partial charge is 0.389 e. The predicted molar refractivity (Wildman–Crippen MR) is 94.1 cm³/mol. The summed E-state index contributed by atoms with van der Waals surface area (Å²) in [6, 6.07) is 14.1. The van der Waals surface area contributed by atoms with Crippen molar-refractivity contribution >= 4 is 45.3 Å². The third-order valence-electron chi connectivity index (χ3n) is 3.33. The molecule has 106 valence electrons. The lowest BCUT2D eigenvalue weighted by Crippen LogP contribution is -2.19. The first-order valence-corrected chi connectivity index (χ1v) is 7.87. The van der Waals surface area contributed by atoms with Crippen LogP contribution in [0, 0.1) is 0 Å². The van der Waals surface area contributed by atoms with Gasteiger partial charge in [0.1, 0.15) is 10.8 Å². The molecule has 5 heteroatoms. The van der Waals surface area contributed by atoms with E-state index in [0.717, 1.165) is 28.8 Å². The number of hydrogen-bond acceptors (Lipinski definition) is 4. The molecule has 0 aliphatic rings. The van der Waals surface area contributed by atoms with E-state index in [1.807, 2.05) is 37.4 Å². The molecule has 0 atom stereocenters. The lowest BCUT2D eigenvalue weighted by atomic mass is 10.1. The summed E-state index contributed by atoms with van der Waals surface area (Å²) in [7, 11) is 2.03. The maximum atomic E-state index is 5.87. The topological polar surface area (TPSA) is 42.1 Å². The van der Waals surface area contributed by atoms with E-state index in [0.29, 0.717) is 4.99 Å². The molecule has 21 heavy (non-hydrogen) atoms. The van der Waals surface area contributed by atoms with Crippen molar-refractivity contribution < 1.29 is 0 Å². The Morgan fingerprint density at radius 2 is 2.10 bits per heavy atom. The van der Waals surface area contributed by atoms with Gasteiger partial charge in [-0.3, -0.25) is 0 Å². The number of anilines is 1. The van der Waals surface area contributed by atoms with Crippen LogP contribution in [0.2, 0.25) is 0 Å². The summed E-state index contributed by atoms with van der Waals surface area (Å²) < 4.78 is 0. The van der Waals surface area contributed by atoms with E-state index in [9.17, 15) is 0 Å². The number of fused-ring (bicyclic) bond motifs is 1. The van der Waals surface area contributed by atoms with Crippen LogP contribution in [0.1, 0.15) is 10.4 Å². The normalized spacial score (nSPS) is 10.7. The minimum Gasteiger partial charge on any atom is -0.389 e. The molecular formula is C16H15N3S2. The summed E-state index contributed by atoms with van der Waals surface area (Å²) in [6.45, 7) is 0.819. The van der Waals surface area contributed by atoms with Gasteiger partial charge in [-0.15, -0.1) is 11.3 Å².